The van der Waals surface area contributed by atoms with Gasteiger partial charge in [0.2, 0.25) is 5.91 Å². The van der Waals surface area contributed by atoms with Crippen LogP contribution in [0.25, 0.3) is 0 Å². The number of carbonyl (C=O) groups is 2. The Morgan fingerprint density at radius 2 is 2.10 bits per heavy atom. The fourth-order valence-corrected chi connectivity index (χ4v) is 2.51. The van der Waals surface area contributed by atoms with Crippen LogP contribution in [0.15, 0.2) is 18.3 Å². The summed E-state index contributed by atoms with van der Waals surface area (Å²) < 4.78 is 38.6. The van der Waals surface area contributed by atoms with Crippen LogP contribution in [0.4, 0.5) is 13.2 Å². The Bertz CT molecular complexity index is 513. The van der Waals surface area contributed by atoms with Gasteiger partial charge in [-0.05, 0) is 25.0 Å². The number of hydrogen-bond donors (Lipinski definition) is 2. The van der Waals surface area contributed by atoms with Crippen molar-refractivity contribution in [2.24, 2.45) is 0 Å². The average molecular weight is 303 g/mol. The van der Waals surface area contributed by atoms with Crippen molar-refractivity contribution in [1.82, 2.24) is 15.2 Å². The second kappa shape index (κ2) is 5.79. The molecule has 21 heavy (non-hydrogen) atoms. The van der Waals surface area contributed by atoms with Crippen LogP contribution in [0.2, 0.25) is 0 Å². The number of halogens is 3. The number of H-pyrrole nitrogens is 1. The Balaban J connectivity index is 2.02. The zero-order chi connectivity index (χ0) is 15.6. The Hall–Kier alpha value is -1.99. The Kier molecular flexibility index (Phi) is 4.24. The fraction of sp³-hybridized carbons (Fsp3) is 0.538. The van der Waals surface area contributed by atoms with Crippen molar-refractivity contribution in [3.8, 4) is 0 Å². The normalized spacial score (nSPS) is 23.0. The summed E-state index contributed by atoms with van der Waals surface area (Å²) in [5.41, 5.74) is 0.335. The van der Waals surface area contributed by atoms with E-state index < -0.39 is 24.2 Å². The van der Waals surface area contributed by atoms with Gasteiger partial charge in [0.25, 0.3) is 5.91 Å². The monoisotopic (exact) mass is 303 g/mol. The second-order valence-electron chi connectivity index (χ2n) is 5.06. The Labute approximate surface area is 119 Å². The average Bonchev–Trinajstić information content (AvgIpc) is 2.91. The van der Waals surface area contributed by atoms with E-state index >= 15 is 0 Å². The molecule has 1 aromatic heterocycles. The number of nitrogens with one attached hydrogen (secondary N) is 2. The third-order valence-corrected chi connectivity index (χ3v) is 3.54. The van der Waals surface area contributed by atoms with Gasteiger partial charge in [-0.2, -0.15) is 13.2 Å². The second-order valence-corrected chi connectivity index (χ2v) is 5.06. The molecule has 1 aliphatic heterocycles. The predicted octanol–water partition coefficient (Wildman–Crippen LogP) is 1.69. The van der Waals surface area contributed by atoms with E-state index in [9.17, 15) is 22.8 Å². The number of amides is 2. The van der Waals surface area contributed by atoms with Crippen molar-refractivity contribution in [3.05, 3.63) is 24.0 Å². The lowest BCUT2D eigenvalue weighted by Gasteiger charge is -2.40. The molecule has 2 N–H and O–H groups in total. The number of aromatic nitrogens is 1. The fourth-order valence-electron chi connectivity index (χ4n) is 2.51. The van der Waals surface area contributed by atoms with E-state index in [1.807, 2.05) is 0 Å². The molecule has 1 aliphatic rings. The van der Waals surface area contributed by atoms with Crippen LogP contribution >= 0.6 is 0 Å². The van der Waals surface area contributed by atoms with Gasteiger partial charge in [-0.15, -0.1) is 0 Å². The Morgan fingerprint density at radius 1 is 1.38 bits per heavy atom. The molecule has 0 aliphatic carbocycles. The van der Waals surface area contributed by atoms with Crippen LogP contribution in [0.5, 0.6) is 0 Å². The molecule has 0 saturated carbocycles. The lowest BCUT2D eigenvalue weighted by molar-refractivity contribution is -0.196. The van der Waals surface area contributed by atoms with Crippen LogP contribution < -0.4 is 5.32 Å². The molecule has 2 rings (SSSR count). The van der Waals surface area contributed by atoms with Crippen molar-refractivity contribution < 1.29 is 22.8 Å². The maximum Gasteiger partial charge on any atom is 0.408 e. The minimum absolute atomic E-state index is 0.133. The van der Waals surface area contributed by atoms with Crippen molar-refractivity contribution >= 4 is 11.8 Å². The summed E-state index contributed by atoms with van der Waals surface area (Å²) in [4.78, 5) is 26.8. The van der Waals surface area contributed by atoms with E-state index in [-0.39, 0.29) is 25.3 Å². The molecule has 2 unspecified atom stereocenters. The summed E-state index contributed by atoms with van der Waals surface area (Å²) in [6.45, 7) is 0.972. The van der Waals surface area contributed by atoms with E-state index in [0.29, 0.717) is 5.69 Å². The molecular formula is C13H16F3N3O2. The smallest absolute Gasteiger partial charge is 0.357 e. The maximum atomic E-state index is 12.9. The van der Waals surface area contributed by atoms with E-state index in [2.05, 4.69) is 10.3 Å². The molecule has 8 heteroatoms. The minimum atomic E-state index is -4.44. The van der Waals surface area contributed by atoms with Crippen LogP contribution in [0.1, 0.15) is 30.3 Å². The highest BCUT2D eigenvalue weighted by atomic mass is 19.4. The van der Waals surface area contributed by atoms with Gasteiger partial charge in [-0.1, -0.05) is 0 Å². The van der Waals surface area contributed by atoms with Crippen LogP contribution in [-0.4, -0.2) is 46.5 Å². The minimum Gasteiger partial charge on any atom is -0.357 e. The molecule has 2 heterocycles. The van der Waals surface area contributed by atoms with Gasteiger partial charge in [0, 0.05) is 25.7 Å². The van der Waals surface area contributed by atoms with E-state index in [1.165, 1.54) is 0 Å². The third kappa shape index (κ3) is 3.56. The first-order valence-electron chi connectivity index (χ1n) is 6.57. The molecule has 1 fully saturated rings. The molecule has 0 radical (unpaired) electrons. The zero-order valence-electron chi connectivity index (χ0n) is 11.4. The first-order valence-corrected chi connectivity index (χ1v) is 6.57. The number of hydrogen-bond acceptors (Lipinski definition) is 2. The first kappa shape index (κ1) is 15.4. The largest absolute Gasteiger partial charge is 0.408 e. The van der Waals surface area contributed by atoms with Crippen molar-refractivity contribution in [2.75, 3.05) is 6.54 Å². The molecule has 5 nitrogen and oxygen atoms in total. The highest BCUT2D eigenvalue weighted by Crippen LogP contribution is 2.32. The topological polar surface area (TPSA) is 65.2 Å². The quantitative estimate of drug-likeness (QED) is 0.873. The number of alkyl halides is 3. The van der Waals surface area contributed by atoms with Gasteiger partial charge in [-0.3, -0.25) is 9.59 Å². The SMILES string of the molecule is CC(=O)N1CC(NC(=O)c2ccc[nH]2)CCC1C(F)(F)F. The molecule has 2 amide bonds. The van der Waals surface area contributed by atoms with E-state index in [0.717, 1.165) is 11.8 Å². The summed E-state index contributed by atoms with van der Waals surface area (Å²) in [6, 6.07) is 0.966. The van der Waals surface area contributed by atoms with Gasteiger partial charge in [-0.25, -0.2) is 0 Å². The predicted molar refractivity (Wildman–Crippen MR) is 68.5 cm³/mol. The molecule has 2 atom stereocenters. The number of piperidine rings is 1. The molecule has 0 bridgehead atoms. The van der Waals surface area contributed by atoms with Crippen LogP contribution in [0.3, 0.4) is 0 Å². The number of nitrogens with zero attached hydrogens (tertiary/aromatic N) is 1. The van der Waals surface area contributed by atoms with Gasteiger partial charge >= 0.3 is 6.18 Å². The summed E-state index contributed by atoms with van der Waals surface area (Å²) in [6.07, 6.45) is -2.89. The van der Waals surface area contributed by atoms with Gasteiger partial charge < -0.3 is 15.2 Å². The standard InChI is InChI=1S/C13H16F3N3O2/c1-8(20)19-7-9(4-5-11(19)13(14,15)16)18-12(21)10-3-2-6-17-10/h2-3,6,9,11,17H,4-5,7H2,1H3,(H,18,21). The first-order chi connectivity index (χ1) is 9.79. The molecular weight excluding hydrogens is 287 g/mol. The molecule has 1 saturated heterocycles. The van der Waals surface area contributed by atoms with Crippen LogP contribution in [-0.2, 0) is 4.79 Å². The highest BCUT2D eigenvalue weighted by Gasteiger charge is 2.47. The van der Waals surface area contributed by atoms with Gasteiger partial charge in [0.1, 0.15) is 11.7 Å². The lowest BCUT2D eigenvalue weighted by Crippen LogP contribution is -2.57. The van der Waals surface area contributed by atoms with Crippen LogP contribution in [0, 0.1) is 0 Å². The summed E-state index contributed by atoms with van der Waals surface area (Å²) in [7, 11) is 0. The molecule has 116 valence electrons. The number of likely N-dealkylation sites (tertiary alicyclic amines) is 1. The number of rotatable bonds is 2. The summed E-state index contributed by atoms with van der Waals surface area (Å²) in [5, 5.41) is 2.65. The molecule has 1 aromatic rings. The van der Waals surface area contributed by atoms with Gasteiger partial charge in [0.15, 0.2) is 0 Å². The zero-order valence-corrected chi connectivity index (χ0v) is 11.4. The van der Waals surface area contributed by atoms with Gasteiger partial charge in [0.05, 0.1) is 0 Å². The number of aromatic amines is 1. The summed E-state index contributed by atoms with van der Waals surface area (Å²) >= 11 is 0. The Morgan fingerprint density at radius 3 is 2.62 bits per heavy atom. The third-order valence-electron chi connectivity index (χ3n) is 3.54. The summed E-state index contributed by atoms with van der Waals surface area (Å²) in [5.74, 6) is -1.03. The van der Waals surface area contributed by atoms with Crippen molar-refractivity contribution in [1.29, 1.82) is 0 Å². The molecule has 0 aromatic carbocycles. The number of carbonyl (C=O) groups excluding carboxylic acids is 2. The van der Waals surface area contributed by atoms with Crippen molar-refractivity contribution in [2.45, 2.75) is 38.0 Å². The van der Waals surface area contributed by atoms with E-state index in [1.54, 1.807) is 18.3 Å². The van der Waals surface area contributed by atoms with Crippen molar-refractivity contribution in [3.63, 3.8) is 0 Å². The highest BCUT2D eigenvalue weighted by molar-refractivity contribution is 5.92. The molecule has 0 spiro atoms. The lowest BCUT2D eigenvalue weighted by atomic mass is 9.97. The van der Waals surface area contributed by atoms with E-state index in [4.69, 9.17) is 0 Å². The maximum absolute atomic E-state index is 12.9.